The summed E-state index contributed by atoms with van der Waals surface area (Å²) < 4.78 is 7.24. The summed E-state index contributed by atoms with van der Waals surface area (Å²) in [6, 6.07) is 15.0. The Kier molecular flexibility index (Phi) is 6.29. The zero-order valence-corrected chi connectivity index (χ0v) is 16.5. The maximum absolute atomic E-state index is 12.6. The highest BCUT2D eigenvalue weighted by molar-refractivity contribution is 6.08. The van der Waals surface area contributed by atoms with Crippen molar-refractivity contribution in [3.8, 4) is 5.75 Å². The summed E-state index contributed by atoms with van der Waals surface area (Å²) in [5.74, 6) is -0.443. The Balaban J connectivity index is 1.64. The molecule has 0 saturated carbocycles. The quantitative estimate of drug-likeness (QED) is 0.576. The zero-order chi connectivity index (χ0) is 20.8. The van der Waals surface area contributed by atoms with Crippen LogP contribution in [0.5, 0.6) is 5.75 Å². The van der Waals surface area contributed by atoms with E-state index in [-0.39, 0.29) is 12.4 Å². The van der Waals surface area contributed by atoms with Crippen LogP contribution < -0.4 is 4.74 Å². The van der Waals surface area contributed by atoms with Gasteiger partial charge in [0.2, 0.25) is 0 Å². The van der Waals surface area contributed by atoms with Gasteiger partial charge in [-0.25, -0.2) is 4.79 Å². The van der Waals surface area contributed by atoms with Crippen LogP contribution in [0, 0.1) is 13.8 Å². The molecule has 3 rings (SSSR count). The molecule has 0 aliphatic heterocycles. The van der Waals surface area contributed by atoms with Gasteiger partial charge in [0.1, 0.15) is 5.75 Å². The molecule has 0 amide bonds. The van der Waals surface area contributed by atoms with Gasteiger partial charge >= 0.3 is 5.97 Å². The normalized spacial score (nSPS) is 11.0. The van der Waals surface area contributed by atoms with Crippen LogP contribution in [0.15, 0.2) is 67.0 Å². The second-order valence-corrected chi connectivity index (χ2v) is 6.90. The van der Waals surface area contributed by atoms with Gasteiger partial charge in [-0.05, 0) is 37.1 Å². The van der Waals surface area contributed by atoms with Gasteiger partial charge in [0, 0.05) is 30.1 Å². The molecule has 1 aromatic heterocycles. The number of ether oxygens (including phenoxy) is 1. The third kappa shape index (κ3) is 5.45. The van der Waals surface area contributed by atoms with Crippen LogP contribution in [0.4, 0.5) is 0 Å². The van der Waals surface area contributed by atoms with Crippen molar-refractivity contribution in [2.75, 3.05) is 6.61 Å². The summed E-state index contributed by atoms with van der Waals surface area (Å²) in [6.07, 6.45) is 7.63. The number of carboxylic acid groups (broad SMARTS) is 1. The molecule has 0 unspecified atom stereocenters. The fraction of sp³-hybridized carbons (Fsp3) is 0.167. The second-order valence-electron chi connectivity index (χ2n) is 6.90. The van der Waals surface area contributed by atoms with Crippen molar-refractivity contribution < 1.29 is 19.4 Å². The summed E-state index contributed by atoms with van der Waals surface area (Å²) >= 11 is 0. The number of allylic oxidation sites excluding steroid dienone is 1. The molecule has 0 fully saturated rings. The minimum atomic E-state index is -1.01. The summed E-state index contributed by atoms with van der Waals surface area (Å²) in [5.41, 5.74) is 4.25. The maximum Gasteiger partial charge on any atom is 0.341 e. The molecular weight excluding hydrogens is 366 g/mol. The standard InChI is InChI=1S/C24H23NO4/c1-17-5-9-20(10-6-17)24(28)21-11-13-25(15-21)12-3-4-19-8-7-18(2)22(14-19)29-16-23(26)27/h3-11,13-15H,12,16H2,1-2H3,(H,26,27). The Bertz CT molecular complexity index is 1040. The predicted molar refractivity (Wildman–Crippen MR) is 112 cm³/mol. The minimum Gasteiger partial charge on any atom is -0.482 e. The second kappa shape index (κ2) is 9.06. The molecule has 5 heteroatoms. The van der Waals surface area contributed by atoms with Gasteiger partial charge < -0.3 is 14.4 Å². The smallest absolute Gasteiger partial charge is 0.341 e. The first kappa shape index (κ1) is 20.1. The van der Waals surface area contributed by atoms with E-state index in [0.717, 1.165) is 16.7 Å². The van der Waals surface area contributed by atoms with Crippen molar-refractivity contribution >= 4 is 17.8 Å². The van der Waals surface area contributed by atoms with E-state index in [1.165, 1.54) is 0 Å². The van der Waals surface area contributed by atoms with Crippen LogP contribution in [0.2, 0.25) is 0 Å². The van der Waals surface area contributed by atoms with Gasteiger partial charge in [0.05, 0.1) is 0 Å². The number of aryl methyl sites for hydroxylation is 2. The molecule has 0 saturated heterocycles. The molecule has 0 aliphatic carbocycles. The molecule has 0 bridgehead atoms. The lowest BCUT2D eigenvalue weighted by atomic mass is 10.0. The first-order chi connectivity index (χ1) is 13.9. The van der Waals surface area contributed by atoms with Crippen molar-refractivity contribution in [2.45, 2.75) is 20.4 Å². The molecule has 2 aromatic carbocycles. The SMILES string of the molecule is Cc1ccc(C(=O)c2ccn(CC=Cc3ccc(C)c(OCC(=O)O)c3)c2)cc1. The van der Waals surface area contributed by atoms with Gasteiger partial charge in [-0.2, -0.15) is 0 Å². The molecule has 5 nitrogen and oxygen atoms in total. The molecule has 148 valence electrons. The van der Waals surface area contributed by atoms with E-state index in [2.05, 4.69) is 0 Å². The summed E-state index contributed by atoms with van der Waals surface area (Å²) in [4.78, 5) is 23.2. The third-order valence-corrected chi connectivity index (χ3v) is 4.52. The Labute approximate surface area is 169 Å². The van der Waals surface area contributed by atoms with E-state index in [1.54, 1.807) is 0 Å². The van der Waals surface area contributed by atoms with Crippen LogP contribution in [0.1, 0.15) is 32.6 Å². The Morgan fingerprint density at radius 2 is 1.79 bits per heavy atom. The average molecular weight is 389 g/mol. The highest BCUT2D eigenvalue weighted by Gasteiger charge is 2.10. The number of aliphatic carboxylic acids is 1. The molecule has 1 N–H and O–H groups in total. The van der Waals surface area contributed by atoms with Crippen LogP contribution in [-0.2, 0) is 11.3 Å². The van der Waals surface area contributed by atoms with Crippen molar-refractivity contribution in [1.29, 1.82) is 0 Å². The summed E-state index contributed by atoms with van der Waals surface area (Å²) in [6.45, 7) is 4.11. The molecule has 1 heterocycles. The lowest BCUT2D eigenvalue weighted by molar-refractivity contribution is -0.139. The van der Waals surface area contributed by atoms with Gasteiger partial charge in [-0.3, -0.25) is 4.79 Å². The number of carbonyl (C=O) groups is 2. The Morgan fingerprint density at radius 1 is 1.03 bits per heavy atom. The molecule has 0 aliphatic rings. The van der Waals surface area contributed by atoms with Crippen molar-refractivity contribution in [3.63, 3.8) is 0 Å². The van der Waals surface area contributed by atoms with E-state index in [1.807, 2.05) is 91.5 Å². The predicted octanol–water partition coefficient (Wildman–Crippen LogP) is 4.51. The number of carboxylic acids is 1. The fourth-order valence-electron chi connectivity index (χ4n) is 2.89. The van der Waals surface area contributed by atoms with Gasteiger partial charge in [-0.1, -0.05) is 54.1 Å². The number of hydrogen-bond acceptors (Lipinski definition) is 3. The number of ketones is 1. The lowest BCUT2D eigenvalue weighted by Gasteiger charge is -2.07. The molecule has 29 heavy (non-hydrogen) atoms. The Morgan fingerprint density at radius 3 is 2.52 bits per heavy atom. The first-order valence-electron chi connectivity index (χ1n) is 9.31. The van der Waals surface area contributed by atoms with Crippen molar-refractivity contribution in [1.82, 2.24) is 4.57 Å². The van der Waals surface area contributed by atoms with Crippen molar-refractivity contribution in [2.24, 2.45) is 0 Å². The topological polar surface area (TPSA) is 68.5 Å². The lowest BCUT2D eigenvalue weighted by Crippen LogP contribution is -2.10. The number of carbonyl (C=O) groups excluding carboxylic acids is 1. The van der Waals surface area contributed by atoms with Crippen LogP contribution in [-0.4, -0.2) is 28.0 Å². The third-order valence-electron chi connectivity index (χ3n) is 4.52. The number of hydrogen-bond donors (Lipinski definition) is 1. The number of nitrogens with zero attached hydrogens (tertiary/aromatic N) is 1. The molecule has 0 spiro atoms. The number of benzene rings is 2. The molecular formula is C24H23NO4. The highest BCUT2D eigenvalue weighted by atomic mass is 16.5. The van der Waals surface area contributed by atoms with Gasteiger partial charge in [-0.15, -0.1) is 0 Å². The summed E-state index contributed by atoms with van der Waals surface area (Å²) in [5, 5.41) is 8.76. The monoisotopic (exact) mass is 389 g/mol. The van der Waals surface area contributed by atoms with Crippen LogP contribution in [0.25, 0.3) is 6.08 Å². The van der Waals surface area contributed by atoms with E-state index >= 15 is 0 Å². The van der Waals surface area contributed by atoms with E-state index in [9.17, 15) is 9.59 Å². The summed E-state index contributed by atoms with van der Waals surface area (Å²) in [7, 11) is 0. The number of rotatable bonds is 8. The van der Waals surface area contributed by atoms with Crippen LogP contribution in [0.3, 0.4) is 0 Å². The van der Waals surface area contributed by atoms with Gasteiger partial charge in [0.15, 0.2) is 12.4 Å². The largest absolute Gasteiger partial charge is 0.482 e. The van der Waals surface area contributed by atoms with Crippen molar-refractivity contribution in [3.05, 3.63) is 94.8 Å². The highest BCUT2D eigenvalue weighted by Crippen LogP contribution is 2.20. The van der Waals surface area contributed by atoms with E-state index in [4.69, 9.17) is 9.84 Å². The average Bonchev–Trinajstić information content (AvgIpc) is 3.17. The van der Waals surface area contributed by atoms with E-state index in [0.29, 0.717) is 23.4 Å². The van der Waals surface area contributed by atoms with Crippen LogP contribution >= 0.6 is 0 Å². The number of aromatic nitrogens is 1. The molecule has 0 radical (unpaired) electrons. The first-order valence-corrected chi connectivity index (χ1v) is 9.31. The molecule has 0 atom stereocenters. The maximum atomic E-state index is 12.6. The minimum absolute atomic E-state index is 0.00600. The van der Waals surface area contributed by atoms with E-state index < -0.39 is 5.97 Å². The zero-order valence-electron chi connectivity index (χ0n) is 16.5. The molecule has 3 aromatic rings. The Hall–Kier alpha value is -3.60. The fourth-order valence-corrected chi connectivity index (χ4v) is 2.89. The van der Waals surface area contributed by atoms with Gasteiger partial charge in [0.25, 0.3) is 0 Å².